The van der Waals surface area contributed by atoms with Crippen LogP contribution < -0.4 is 0 Å². The van der Waals surface area contributed by atoms with Crippen molar-refractivity contribution in [3.8, 4) is 0 Å². The topological polar surface area (TPSA) is 34.1 Å². The average Bonchev–Trinajstić information content (AvgIpc) is 2.23. The Labute approximate surface area is 95.0 Å². The van der Waals surface area contributed by atoms with E-state index in [1.165, 1.54) is 12.2 Å². The van der Waals surface area contributed by atoms with Gasteiger partial charge in [-0.1, -0.05) is 26.0 Å². The molecule has 0 heterocycles. The minimum Gasteiger partial charge on any atom is -0.289 e. The molecule has 0 atom stereocenters. The van der Waals surface area contributed by atoms with Crippen LogP contribution in [0.15, 0.2) is 30.4 Å². The number of allylic oxidation sites excluding steroid dienone is 2. The second kappa shape index (κ2) is 4.05. The van der Waals surface area contributed by atoms with Gasteiger partial charge >= 0.3 is 0 Å². The van der Waals surface area contributed by atoms with Gasteiger partial charge in [0.25, 0.3) is 0 Å². The maximum atomic E-state index is 11.6. The van der Waals surface area contributed by atoms with Crippen LogP contribution in [0.3, 0.4) is 0 Å². The normalized spacial score (nSPS) is 14.4. The van der Waals surface area contributed by atoms with Gasteiger partial charge in [-0.2, -0.15) is 0 Å². The monoisotopic (exact) mass is 214 g/mol. The van der Waals surface area contributed by atoms with Crippen molar-refractivity contribution < 1.29 is 9.59 Å². The minimum atomic E-state index is -0.0781. The minimum absolute atomic E-state index is 0.0693. The molecule has 2 rings (SSSR count). The number of ketones is 2. The van der Waals surface area contributed by atoms with Crippen molar-refractivity contribution in [3.05, 3.63) is 47.0 Å². The summed E-state index contributed by atoms with van der Waals surface area (Å²) in [5.41, 5.74) is 2.19. The van der Waals surface area contributed by atoms with E-state index in [4.69, 9.17) is 0 Å². The summed E-state index contributed by atoms with van der Waals surface area (Å²) in [7, 11) is 0. The SMILES string of the molecule is CC(C)Cc1ccc2c(c1)C(=O)C=CC2=O. The van der Waals surface area contributed by atoms with Crippen molar-refractivity contribution in [2.24, 2.45) is 5.92 Å². The van der Waals surface area contributed by atoms with Crippen LogP contribution in [0.4, 0.5) is 0 Å². The number of fused-ring (bicyclic) bond motifs is 1. The molecule has 0 aromatic heterocycles. The Hall–Kier alpha value is -1.70. The zero-order valence-electron chi connectivity index (χ0n) is 9.49. The van der Waals surface area contributed by atoms with Crippen LogP contribution in [0, 0.1) is 5.92 Å². The van der Waals surface area contributed by atoms with Crippen LogP contribution in [-0.2, 0) is 6.42 Å². The van der Waals surface area contributed by atoms with Gasteiger partial charge in [0, 0.05) is 11.1 Å². The van der Waals surface area contributed by atoms with Crippen LogP contribution in [-0.4, -0.2) is 11.6 Å². The standard InChI is InChI=1S/C14H14O2/c1-9(2)7-10-3-4-11-12(8-10)14(16)6-5-13(11)15/h3-6,8-9H,7H2,1-2H3. The van der Waals surface area contributed by atoms with Crippen LogP contribution in [0.1, 0.15) is 40.1 Å². The number of carbonyl (C=O) groups is 2. The van der Waals surface area contributed by atoms with E-state index in [1.54, 1.807) is 6.07 Å². The van der Waals surface area contributed by atoms with Crippen LogP contribution in [0.25, 0.3) is 0 Å². The molecule has 0 unspecified atom stereocenters. The fourth-order valence-electron chi connectivity index (χ4n) is 1.94. The highest BCUT2D eigenvalue weighted by molar-refractivity contribution is 6.22. The molecule has 1 aliphatic carbocycles. The fourth-order valence-corrected chi connectivity index (χ4v) is 1.94. The first kappa shape index (κ1) is 10.8. The first-order valence-electron chi connectivity index (χ1n) is 5.47. The summed E-state index contributed by atoms with van der Waals surface area (Å²) in [4.78, 5) is 23.2. The van der Waals surface area contributed by atoms with Crippen molar-refractivity contribution in [3.63, 3.8) is 0 Å². The number of hydrogen-bond acceptors (Lipinski definition) is 2. The van der Waals surface area contributed by atoms with Gasteiger partial charge in [0.15, 0.2) is 11.6 Å². The Morgan fingerprint density at radius 3 is 2.25 bits per heavy atom. The molecular weight excluding hydrogens is 200 g/mol. The first-order chi connectivity index (χ1) is 7.58. The van der Waals surface area contributed by atoms with Crippen LogP contribution in [0.5, 0.6) is 0 Å². The van der Waals surface area contributed by atoms with Crippen molar-refractivity contribution in [2.75, 3.05) is 0 Å². The third kappa shape index (κ3) is 1.96. The predicted octanol–water partition coefficient (Wildman–Crippen LogP) is 2.82. The first-order valence-corrected chi connectivity index (χ1v) is 5.47. The Bertz CT molecular complexity index is 482. The molecule has 82 valence electrons. The summed E-state index contributed by atoms with van der Waals surface area (Å²) in [6.45, 7) is 4.26. The van der Waals surface area contributed by atoms with E-state index in [-0.39, 0.29) is 11.6 Å². The van der Waals surface area contributed by atoms with Gasteiger partial charge in [-0.3, -0.25) is 9.59 Å². The molecule has 0 aliphatic heterocycles. The van der Waals surface area contributed by atoms with Crippen molar-refractivity contribution in [1.82, 2.24) is 0 Å². The molecule has 0 N–H and O–H groups in total. The summed E-state index contributed by atoms with van der Waals surface area (Å²) in [6.07, 6.45) is 3.62. The second-order valence-electron chi connectivity index (χ2n) is 4.54. The van der Waals surface area contributed by atoms with Gasteiger partial charge < -0.3 is 0 Å². The number of rotatable bonds is 2. The Kier molecular flexibility index (Phi) is 2.73. The van der Waals surface area contributed by atoms with E-state index in [1.807, 2.05) is 12.1 Å². The van der Waals surface area contributed by atoms with E-state index in [9.17, 15) is 9.59 Å². The van der Waals surface area contributed by atoms with E-state index in [2.05, 4.69) is 13.8 Å². The third-order valence-electron chi connectivity index (χ3n) is 2.64. The molecule has 0 amide bonds. The van der Waals surface area contributed by atoms with Gasteiger partial charge in [-0.25, -0.2) is 0 Å². The van der Waals surface area contributed by atoms with E-state index < -0.39 is 0 Å². The number of carbonyl (C=O) groups excluding carboxylic acids is 2. The Morgan fingerprint density at radius 2 is 1.62 bits per heavy atom. The quantitative estimate of drug-likeness (QED) is 0.758. The molecule has 2 heteroatoms. The lowest BCUT2D eigenvalue weighted by Gasteiger charge is -2.11. The lowest BCUT2D eigenvalue weighted by molar-refractivity contribution is 0.0994. The molecule has 1 aromatic carbocycles. The highest BCUT2D eigenvalue weighted by Gasteiger charge is 2.18. The molecule has 0 saturated heterocycles. The van der Waals surface area contributed by atoms with Gasteiger partial charge in [0.1, 0.15) is 0 Å². The molecule has 0 bridgehead atoms. The van der Waals surface area contributed by atoms with Crippen molar-refractivity contribution in [2.45, 2.75) is 20.3 Å². The average molecular weight is 214 g/mol. The number of benzene rings is 1. The molecule has 0 spiro atoms. The van der Waals surface area contributed by atoms with E-state index in [0.29, 0.717) is 17.0 Å². The molecule has 1 aromatic rings. The Morgan fingerprint density at radius 1 is 1.00 bits per heavy atom. The molecule has 1 aliphatic rings. The Balaban J connectivity index is 2.43. The molecule has 16 heavy (non-hydrogen) atoms. The van der Waals surface area contributed by atoms with Gasteiger partial charge in [0.2, 0.25) is 0 Å². The van der Waals surface area contributed by atoms with Crippen LogP contribution in [0.2, 0.25) is 0 Å². The summed E-state index contributed by atoms with van der Waals surface area (Å²) in [5, 5.41) is 0. The summed E-state index contributed by atoms with van der Waals surface area (Å²) < 4.78 is 0. The van der Waals surface area contributed by atoms with Gasteiger partial charge in [0.05, 0.1) is 0 Å². The van der Waals surface area contributed by atoms with E-state index >= 15 is 0 Å². The smallest absolute Gasteiger partial charge is 0.186 e. The molecule has 2 nitrogen and oxygen atoms in total. The predicted molar refractivity (Wildman–Crippen MR) is 62.8 cm³/mol. The van der Waals surface area contributed by atoms with Gasteiger partial charge in [-0.05, 0) is 36.1 Å². The maximum Gasteiger partial charge on any atom is 0.186 e. The molecule has 0 fully saturated rings. The summed E-state index contributed by atoms with van der Waals surface area (Å²) in [5.74, 6) is 0.397. The summed E-state index contributed by atoms with van der Waals surface area (Å²) >= 11 is 0. The lowest BCUT2D eigenvalue weighted by atomic mass is 9.91. The highest BCUT2D eigenvalue weighted by Crippen LogP contribution is 2.20. The molecule has 0 saturated carbocycles. The maximum absolute atomic E-state index is 11.6. The zero-order chi connectivity index (χ0) is 11.7. The molecule has 0 radical (unpaired) electrons. The third-order valence-corrected chi connectivity index (χ3v) is 2.64. The van der Waals surface area contributed by atoms with Crippen LogP contribution >= 0.6 is 0 Å². The van der Waals surface area contributed by atoms with Crippen molar-refractivity contribution in [1.29, 1.82) is 0 Å². The highest BCUT2D eigenvalue weighted by atomic mass is 16.1. The fraction of sp³-hybridized carbons (Fsp3) is 0.286. The zero-order valence-corrected chi connectivity index (χ0v) is 9.49. The van der Waals surface area contributed by atoms with Gasteiger partial charge in [-0.15, -0.1) is 0 Å². The van der Waals surface area contributed by atoms with Crippen molar-refractivity contribution >= 4 is 11.6 Å². The largest absolute Gasteiger partial charge is 0.289 e. The second-order valence-corrected chi connectivity index (χ2v) is 4.54. The van der Waals surface area contributed by atoms with E-state index in [0.717, 1.165) is 12.0 Å². The molecular formula is C14H14O2. The summed E-state index contributed by atoms with van der Waals surface area (Å²) in [6, 6.07) is 5.54. The lowest BCUT2D eigenvalue weighted by Crippen LogP contribution is -2.12. The number of hydrogen-bond donors (Lipinski definition) is 0.